The molecule has 11 heteroatoms. The van der Waals surface area contributed by atoms with Crippen molar-refractivity contribution in [3.8, 4) is 23.1 Å². The summed E-state index contributed by atoms with van der Waals surface area (Å²) in [6.07, 6.45) is 0. The Bertz CT molecular complexity index is 1150. The van der Waals surface area contributed by atoms with Crippen molar-refractivity contribution < 1.29 is 30.5 Å². The maximum atomic E-state index is 13.0. The van der Waals surface area contributed by atoms with Crippen LogP contribution < -0.4 is 4.18 Å². The number of aryl methyl sites for hydroxylation is 1. The molecule has 1 aromatic heterocycles. The van der Waals surface area contributed by atoms with Gasteiger partial charge in [0.1, 0.15) is 11.6 Å². The van der Waals surface area contributed by atoms with E-state index in [9.17, 15) is 26.9 Å². The first-order chi connectivity index (χ1) is 15.3. The van der Waals surface area contributed by atoms with Crippen LogP contribution in [0.2, 0.25) is 0 Å². The SMILES string of the molecule is Cc1ccc(-c2cc(C(C)(C)CN3CCOCC3)nc(OS(=O)(=O)C(F)(F)F)c2C#N)cc1. The summed E-state index contributed by atoms with van der Waals surface area (Å²) in [4.78, 5) is 6.23. The third kappa shape index (κ3) is 5.63. The number of nitrogens with zero attached hydrogens (tertiary/aromatic N) is 3. The van der Waals surface area contributed by atoms with Gasteiger partial charge in [0, 0.05) is 30.6 Å². The number of benzene rings is 1. The fourth-order valence-corrected chi connectivity index (χ4v) is 3.97. The highest BCUT2D eigenvalue weighted by molar-refractivity contribution is 7.87. The van der Waals surface area contributed by atoms with E-state index in [-0.39, 0.29) is 5.56 Å². The number of aromatic nitrogens is 1. The molecule has 2 aromatic rings. The number of halogens is 3. The van der Waals surface area contributed by atoms with E-state index in [0.717, 1.165) is 5.56 Å². The van der Waals surface area contributed by atoms with Gasteiger partial charge in [0.2, 0.25) is 0 Å². The van der Waals surface area contributed by atoms with Crippen LogP contribution in [0.25, 0.3) is 11.1 Å². The van der Waals surface area contributed by atoms with Crippen LogP contribution in [0, 0.1) is 18.3 Å². The largest absolute Gasteiger partial charge is 0.534 e. The zero-order valence-corrected chi connectivity index (χ0v) is 19.3. The predicted octanol–water partition coefficient (Wildman–Crippen LogP) is 3.77. The van der Waals surface area contributed by atoms with Crippen LogP contribution in [0.5, 0.6) is 5.88 Å². The molecule has 0 N–H and O–H groups in total. The van der Waals surface area contributed by atoms with Gasteiger partial charge in [0.05, 0.1) is 18.9 Å². The summed E-state index contributed by atoms with van der Waals surface area (Å²) in [6, 6.07) is 10.3. The van der Waals surface area contributed by atoms with Crippen molar-refractivity contribution in [1.82, 2.24) is 9.88 Å². The Balaban J connectivity index is 2.16. The molecule has 1 aliphatic rings. The third-order valence-corrected chi connectivity index (χ3v) is 6.29. The van der Waals surface area contributed by atoms with Crippen molar-refractivity contribution >= 4 is 10.1 Å². The molecule has 0 bridgehead atoms. The number of rotatable bonds is 6. The Hall–Kier alpha value is -2.68. The lowest BCUT2D eigenvalue weighted by molar-refractivity contribution is -0.0501. The minimum atomic E-state index is -6.02. The Labute approximate surface area is 190 Å². The summed E-state index contributed by atoms with van der Waals surface area (Å²) in [6.45, 7) is 8.52. The second-order valence-corrected chi connectivity index (χ2v) is 10.0. The van der Waals surface area contributed by atoms with Gasteiger partial charge in [0.15, 0.2) is 0 Å². The highest BCUT2D eigenvalue weighted by atomic mass is 32.2. The van der Waals surface area contributed by atoms with Crippen LogP contribution in [0.1, 0.15) is 30.7 Å². The molecule has 3 rings (SSSR count). The van der Waals surface area contributed by atoms with Crippen molar-refractivity contribution in [3.63, 3.8) is 0 Å². The number of nitriles is 1. The maximum Gasteiger partial charge on any atom is 0.534 e. The van der Waals surface area contributed by atoms with Crippen LogP contribution >= 0.6 is 0 Å². The van der Waals surface area contributed by atoms with Crippen LogP contribution in [0.3, 0.4) is 0 Å². The van der Waals surface area contributed by atoms with Crippen molar-refractivity contribution in [1.29, 1.82) is 5.26 Å². The van der Waals surface area contributed by atoms with Crippen LogP contribution in [-0.4, -0.2) is 56.7 Å². The Morgan fingerprint density at radius 2 is 1.79 bits per heavy atom. The number of alkyl halides is 3. The topological polar surface area (TPSA) is 92.5 Å². The van der Waals surface area contributed by atoms with E-state index in [0.29, 0.717) is 44.1 Å². The molecule has 0 spiro atoms. The van der Waals surface area contributed by atoms with Crippen LogP contribution in [0.15, 0.2) is 30.3 Å². The van der Waals surface area contributed by atoms with Gasteiger partial charge in [-0.1, -0.05) is 43.7 Å². The molecule has 1 fully saturated rings. The van der Waals surface area contributed by atoms with Gasteiger partial charge >= 0.3 is 15.6 Å². The lowest BCUT2D eigenvalue weighted by Gasteiger charge is -2.35. The molecule has 0 unspecified atom stereocenters. The third-order valence-electron chi connectivity index (χ3n) is 5.35. The first-order valence-corrected chi connectivity index (χ1v) is 11.6. The van der Waals surface area contributed by atoms with E-state index in [2.05, 4.69) is 14.1 Å². The predicted molar refractivity (Wildman–Crippen MR) is 115 cm³/mol. The standard InChI is InChI=1S/C22H24F3N3O4S/c1-15-4-6-16(7-5-15)17-12-19(21(2,3)14-28-8-10-31-11-9-28)27-20(18(17)13-26)32-33(29,30)22(23,24)25/h4-7,12H,8-11,14H2,1-3H3. The first-order valence-electron chi connectivity index (χ1n) is 10.2. The van der Waals surface area contributed by atoms with E-state index in [4.69, 9.17) is 4.74 Å². The normalized spacial score (nSPS) is 15.8. The molecule has 0 aliphatic carbocycles. The molecule has 0 saturated carbocycles. The number of hydrogen-bond donors (Lipinski definition) is 0. The summed E-state index contributed by atoms with van der Waals surface area (Å²) < 4.78 is 72.3. The van der Waals surface area contributed by atoms with Gasteiger partial charge in [-0.15, -0.1) is 0 Å². The van der Waals surface area contributed by atoms with Crippen molar-refractivity contribution in [2.75, 3.05) is 32.8 Å². The molecule has 178 valence electrons. The molecule has 0 radical (unpaired) electrons. The molecule has 7 nitrogen and oxygen atoms in total. The second kappa shape index (κ2) is 9.29. The summed E-state index contributed by atoms with van der Waals surface area (Å²) in [5, 5.41) is 9.70. The number of morpholine rings is 1. The highest BCUT2D eigenvalue weighted by Gasteiger charge is 2.49. The Kier molecular flexibility index (Phi) is 7.02. The summed E-state index contributed by atoms with van der Waals surface area (Å²) in [5.74, 6) is -0.891. The van der Waals surface area contributed by atoms with Gasteiger partial charge in [-0.25, -0.2) is 4.98 Å². The zero-order chi connectivity index (χ0) is 24.4. The van der Waals surface area contributed by atoms with E-state index in [1.165, 1.54) is 0 Å². The van der Waals surface area contributed by atoms with E-state index in [1.807, 2.05) is 20.8 Å². The molecule has 1 aromatic carbocycles. The van der Waals surface area contributed by atoms with E-state index < -0.39 is 32.5 Å². The van der Waals surface area contributed by atoms with Crippen molar-refractivity contribution in [2.45, 2.75) is 31.7 Å². The minimum absolute atomic E-state index is 0.241. The fourth-order valence-electron chi connectivity index (χ4n) is 3.55. The lowest BCUT2D eigenvalue weighted by atomic mass is 9.85. The first kappa shape index (κ1) is 25.0. The van der Waals surface area contributed by atoms with Crippen molar-refractivity contribution in [3.05, 3.63) is 47.2 Å². The van der Waals surface area contributed by atoms with Gasteiger partial charge < -0.3 is 8.92 Å². The van der Waals surface area contributed by atoms with Gasteiger partial charge in [-0.2, -0.15) is 26.9 Å². The molecular weight excluding hydrogens is 459 g/mol. The van der Waals surface area contributed by atoms with Crippen LogP contribution in [-0.2, 0) is 20.3 Å². The average Bonchev–Trinajstić information content (AvgIpc) is 2.73. The van der Waals surface area contributed by atoms with Gasteiger partial charge in [-0.05, 0) is 18.6 Å². The maximum absolute atomic E-state index is 13.0. The number of pyridine rings is 1. The monoisotopic (exact) mass is 483 g/mol. The lowest BCUT2D eigenvalue weighted by Crippen LogP contribution is -2.43. The smallest absolute Gasteiger partial charge is 0.379 e. The average molecular weight is 484 g/mol. The molecule has 0 amide bonds. The number of hydrogen-bond acceptors (Lipinski definition) is 7. The second-order valence-electron chi connectivity index (χ2n) is 8.47. The van der Waals surface area contributed by atoms with E-state index >= 15 is 0 Å². The van der Waals surface area contributed by atoms with Crippen molar-refractivity contribution in [2.24, 2.45) is 0 Å². The Morgan fingerprint density at radius 3 is 2.33 bits per heavy atom. The molecule has 33 heavy (non-hydrogen) atoms. The molecule has 1 aliphatic heterocycles. The highest BCUT2D eigenvalue weighted by Crippen LogP contribution is 2.36. The summed E-state index contributed by atoms with van der Waals surface area (Å²) in [7, 11) is -6.02. The molecular formula is C22H24F3N3O4S. The number of ether oxygens (including phenoxy) is 1. The molecule has 0 atom stereocenters. The summed E-state index contributed by atoms with van der Waals surface area (Å²) >= 11 is 0. The quantitative estimate of drug-likeness (QED) is 0.456. The summed E-state index contributed by atoms with van der Waals surface area (Å²) in [5.41, 5.74) is -4.75. The van der Waals surface area contributed by atoms with Gasteiger partial charge in [-0.3, -0.25) is 4.90 Å². The minimum Gasteiger partial charge on any atom is -0.379 e. The van der Waals surface area contributed by atoms with Gasteiger partial charge in [0.25, 0.3) is 5.88 Å². The fraction of sp³-hybridized carbons (Fsp3) is 0.455. The molecule has 1 saturated heterocycles. The zero-order valence-electron chi connectivity index (χ0n) is 18.4. The van der Waals surface area contributed by atoms with Crippen LogP contribution in [0.4, 0.5) is 13.2 Å². The Morgan fingerprint density at radius 1 is 1.18 bits per heavy atom. The molecule has 2 heterocycles. The van der Waals surface area contributed by atoms with E-state index in [1.54, 1.807) is 36.4 Å².